The summed E-state index contributed by atoms with van der Waals surface area (Å²) < 4.78 is 5.21. The molecule has 0 spiro atoms. The van der Waals surface area contributed by atoms with E-state index in [1.807, 2.05) is 30.3 Å². The first-order valence-corrected chi connectivity index (χ1v) is 7.03. The van der Waals surface area contributed by atoms with Crippen LogP contribution >= 0.6 is 0 Å². The van der Waals surface area contributed by atoms with Crippen molar-refractivity contribution >= 4 is 22.5 Å². The van der Waals surface area contributed by atoms with Gasteiger partial charge in [0.1, 0.15) is 0 Å². The van der Waals surface area contributed by atoms with Gasteiger partial charge in [-0.05, 0) is 11.6 Å². The molecule has 0 radical (unpaired) electrons. The molecule has 0 saturated carbocycles. The average Bonchev–Trinajstić information content (AvgIpc) is 2.90. The molecule has 0 aliphatic carbocycles. The number of benzene rings is 2. The fraction of sp³-hybridized carbons (Fsp3) is 0.118. The number of para-hydroxylation sites is 1. The maximum absolute atomic E-state index is 12.2. The molecule has 3 aromatic rings. The van der Waals surface area contributed by atoms with Gasteiger partial charge in [0.05, 0.1) is 5.52 Å². The van der Waals surface area contributed by atoms with Crippen molar-refractivity contribution < 1.29 is 14.6 Å². The first kappa shape index (κ1) is 14.9. The van der Waals surface area contributed by atoms with Gasteiger partial charge >= 0.3 is 0 Å². The Balaban J connectivity index is 1.89. The first-order chi connectivity index (χ1) is 11.2. The summed E-state index contributed by atoms with van der Waals surface area (Å²) in [4.78, 5) is 15.0. The van der Waals surface area contributed by atoms with Crippen LogP contribution < -0.4 is 0 Å². The number of fused-ring (bicyclic) bond motifs is 1. The van der Waals surface area contributed by atoms with Crippen LogP contribution in [0.15, 0.2) is 64.8 Å². The van der Waals surface area contributed by atoms with E-state index in [-0.39, 0.29) is 11.6 Å². The molecule has 1 atom stereocenters. The minimum atomic E-state index is -0.827. The van der Waals surface area contributed by atoms with Crippen molar-refractivity contribution in [3.8, 4) is 5.88 Å². The molecular weight excluding hydrogens is 294 g/mol. The maximum atomic E-state index is 12.2. The van der Waals surface area contributed by atoms with Crippen LogP contribution in [0.2, 0.25) is 0 Å². The van der Waals surface area contributed by atoms with Gasteiger partial charge in [0.15, 0.2) is 11.8 Å². The van der Waals surface area contributed by atoms with Crippen LogP contribution in [0.5, 0.6) is 5.88 Å². The lowest BCUT2D eigenvalue weighted by atomic mass is 10.1. The minimum Gasteiger partial charge on any atom is -0.493 e. The topological polar surface area (TPSA) is 87.0 Å². The second-order valence-electron chi connectivity index (χ2n) is 4.93. The Labute approximate surface area is 132 Å². The third-order valence-electron chi connectivity index (χ3n) is 3.47. The molecule has 6 heteroatoms. The zero-order valence-electron chi connectivity index (χ0n) is 12.4. The van der Waals surface area contributed by atoms with Gasteiger partial charge in [-0.25, -0.2) is 0 Å². The lowest BCUT2D eigenvalue weighted by Gasteiger charge is -2.10. The average molecular weight is 309 g/mol. The molecule has 2 N–H and O–H groups in total. The van der Waals surface area contributed by atoms with Crippen molar-refractivity contribution in [2.45, 2.75) is 6.10 Å². The smallest absolute Gasteiger partial charge is 0.297 e. The highest BCUT2D eigenvalue weighted by atomic mass is 16.5. The summed E-state index contributed by atoms with van der Waals surface area (Å²) >= 11 is 0. The molecule has 1 aromatic heterocycles. The highest BCUT2D eigenvalue weighted by Crippen LogP contribution is 2.35. The second kappa shape index (κ2) is 6.41. The Morgan fingerprint density at radius 1 is 1.13 bits per heavy atom. The Morgan fingerprint density at radius 3 is 2.57 bits per heavy atom. The lowest BCUT2D eigenvalue weighted by molar-refractivity contribution is -0.128. The third-order valence-corrected chi connectivity index (χ3v) is 3.47. The van der Waals surface area contributed by atoms with Crippen molar-refractivity contribution in [3.05, 3.63) is 60.2 Å². The summed E-state index contributed by atoms with van der Waals surface area (Å²) in [6, 6.07) is 16.3. The molecule has 0 fully saturated rings. The molecule has 0 saturated heterocycles. The zero-order chi connectivity index (χ0) is 16.2. The highest BCUT2D eigenvalue weighted by molar-refractivity contribution is 5.94. The van der Waals surface area contributed by atoms with E-state index in [1.165, 1.54) is 7.11 Å². The molecule has 1 amide bonds. The standard InChI is InChI=1S/C17H15N3O3/c1-23-15(11-7-3-2-4-8-11)17(22)20-19-14-12-9-5-6-10-13(12)18-16(14)21/h2-10,15,18,21H,1H3/t15-/m1/s1. The number of hydrogen-bond donors (Lipinski definition) is 2. The monoisotopic (exact) mass is 309 g/mol. The summed E-state index contributed by atoms with van der Waals surface area (Å²) in [6.45, 7) is 0. The number of methoxy groups -OCH3 is 1. The largest absolute Gasteiger partial charge is 0.493 e. The number of H-pyrrole nitrogens is 1. The minimum absolute atomic E-state index is 0.128. The SMILES string of the molecule is CO[C@@H](C(=O)N=Nc1c(O)[nH]c2ccccc12)c1ccccc1. The number of hydrogen-bond acceptors (Lipinski definition) is 4. The number of ether oxygens (including phenoxy) is 1. The van der Waals surface area contributed by atoms with Gasteiger partial charge in [-0.2, -0.15) is 0 Å². The fourth-order valence-electron chi connectivity index (χ4n) is 2.37. The third kappa shape index (κ3) is 2.97. The van der Waals surface area contributed by atoms with Gasteiger partial charge in [0.25, 0.3) is 5.91 Å². The van der Waals surface area contributed by atoms with Crippen molar-refractivity contribution in [2.24, 2.45) is 10.2 Å². The van der Waals surface area contributed by atoms with Crippen molar-refractivity contribution in [3.63, 3.8) is 0 Å². The molecule has 0 bridgehead atoms. The number of nitrogens with zero attached hydrogens (tertiary/aromatic N) is 2. The normalized spacial score (nSPS) is 12.7. The first-order valence-electron chi connectivity index (χ1n) is 7.03. The van der Waals surface area contributed by atoms with E-state index in [9.17, 15) is 9.90 Å². The van der Waals surface area contributed by atoms with E-state index in [2.05, 4.69) is 15.2 Å². The van der Waals surface area contributed by atoms with Crippen LogP contribution in [-0.4, -0.2) is 23.1 Å². The molecule has 23 heavy (non-hydrogen) atoms. The van der Waals surface area contributed by atoms with Gasteiger partial charge in [-0.3, -0.25) is 4.79 Å². The molecule has 2 aromatic carbocycles. The van der Waals surface area contributed by atoms with E-state index < -0.39 is 12.0 Å². The van der Waals surface area contributed by atoms with E-state index in [0.29, 0.717) is 10.9 Å². The predicted molar refractivity (Wildman–Crippen MR) is 85.7 cm³/mol. The number of amides is 1. The molecule has 0 aliphatic heterocycles. The molecule has 3 rings (SSSR count). The summed E-state index contributed by atoms with van der Waals surface area (Å²) in [5.74, 6) is -0.667. The fourth-order valence-corrected chi connectivity index (χ4v) is 2.37. The van der Waals surface area contributed by atoms with E-state index in [1.54, 1.807) is 24.3 Å². The van der Waals surface area contributed by atoms with Gasteiger partial charge in [-0.1, -0.05) is 48.5 Å². The summed E-state index contributed by atoms with van der Waals surface area (Å²) in [6.07, 6.45) is -0.827. The number of carbonyl (C=O) groups excluding carboxylic acids is 1. The van der Waals surface area contributed by atoms with E-state index in [0.717, 1.165) is 5.52 Å². The Kier molecular flexibility index (Phi) is 4.16. The lowest BCUT2D eigenvalue weighted by Crippen LogP contribution is -2.11. The molecular formula is C17H15N3O3. The quantitative estimate of drug-likeness (QED) is 0.717. The number of azo groups is 1. The van der Waals surface area contributed by atoms with Gasteiger partial charge < -0.3 is 14.8 Å². The molecule has 1 heterocycles. The molecule has 6 nitrogen and oxygen atoms in total. The van der Waals surface area contributed by atoms with Crippen molar-refractivity contribution in [1.29, 1.82) is 0 Å². The van der Waals surface area contributed by atoms with Crippen LogP contribution in [-0.2, 0) is 9.53 Å². The Bertz CT molecular complexity index is 856. The second-order valence-corrected chi connectivity index (χ2v) is 4.93. The summed E-state index contributed by atoms with van der Waals surface area (Å²) in [5.41, 5.74) is 1.65. The van der Waals surface area contributed by atoms with E-state index in [4.69, 9.17) is 4.74 Å². The molecule has 0 aliphatic rings. The highest BCUT2D eigenvalue weighted by Gasteiger charge is 2.20. The van der Waals surface area contributed by atoms with Crippen LogP contribution in [0.4, 0.5) is 5.69 Å². The summed E-state index contributed by atoms with van der Waals surface area (Å²) in [7, 11) is 1.44. The predicted octanol–water partition coefficient (Wildman–Crippen LogP) is 3.87. The number of aromatic hydroxyl groups is 1. The van der Waals surface area contributed by atoms with Gasteiger partial charge in [-0.15, -0.1) is 10.2 Å². The van der Waals surface area contributed by atoms with Crippen molar-refractivity contribution in [2.75, 3.05) is 7.11 Å². The van der Waals surface area contributed by atoms with Crippen LogP contribution in [0.1, 0.15) is 11.7 Å². The van der Waals surface area contributed by atoms with Crippen LogP contribution in [0.3, 0.4) is 0 Å². The molecule has 116 valence electrons. The maximum Gasteiger partial charge on any atom is 0.297 e. The van der Waals surface area contributed by atoms with Crippen molar-refractivity contribution in [1.82, 2.24) is 4.98 Å². The van der Waals surface area contributed by atoms with Gasteiger partial charge in [0, 0.05) is 12.5 Å². The van der Waals surface area contributed by atoms with Crippen LogP contribution in [0.25, 0.3) is 10.9 Å². The summed E-state index contributed by atoms with van der Waals surface area (Å²) in [5, 5.41) is 18.2. The molecule has 0 unspecified atom stereocenters. The Morgan fingerprint density at radius 2 is 1.83 bits per heavy atom. The Hall–Kier alpha value is -2.99. The zero-order valence-corrected chi connectivity index (χ0v) is 12.4. The van der Waals surface area contributed by atoms with Crippen LogP contribution in [0, 0.1) is 0 Å². The number of carbonyl (C=O) groups is 1. The van der Waals surface area contributed by atoms with Gasteiger partial charge in [0.2, 0.25) is 5.88 Å². The van der Waals surface area contributed by atoms with E-state index >= 15 is 0 Å². The number of rotatable bonds is 4. The number of aromatic amines is 1. The number of aromatic nitrogens is 1. The number of nitrogens with one attached hydrogen (secondary N) is 1.